The molecule has 2 N–H and O–H groups in total. The fraction of sp³-hybridized carbons (Fsp3) is 0.414. The Bertz CT molecular complexity index is 1700. The number of morpholine rings is 1. The number of nitrogens with one attached hydrogen (secondary N) is 2. The molecule has 6 rings (SSSR count). The molecule has 5 heterocycles. The van der Waals surface area contributed by atoms with Crippen LogP contribution in [-0.2, 0) is 10.2 Å². The Morgan fingerprint density at radius 3 is 2.74 bits per heavy atom. The van der Waals surface area contributed by atoms with Crippen LogP contribution in [0.4, 0.5) is 22.2 Å². The molecule has 1 saturated heterocycles. The molecule has 1 atom stereocenters. The number of fused-ring (bicyclic) bond motifs is 3. The molecular weight excluding hydrogens is 554 g/mol. The van der Waals surface area contributed by atoms with E-state index in [2.05, 4.69) is 37.5 Å². The van der Waals surface area contributed by atoms with Gasteiger partial charge in [-0.25, -0.2) is 19.7 Å². The van der Waals surface area contributed by atoms with Gasteiger partial charge in [0.05, 0.1) is 25.1 Å². The Morgan fingerprint density at radius 2 is 2.00 bits per heavy atom. The first-order valence-electron chi connectivity index (χ1n) is 14.0. The molecule has 0 radical (unpaired) electrons. The number of carbonyl (C=O) groups is 1. The maximum atomic E-state index is 12.5. The number of hydrogen-bond acceptors (Lipinski definition) is 10. The minimum atomic E-state index is -0.397. The van der Waals surface area contributed by atoms with Crippen LogP contribution in [0.1, 0.15) is 33.5 Å². The molecule has 0 saturated carbocycles. The van der Waals surface area contributed by atoms with E-state index in [4.69, 9.17) is 19.2 Å². The molecule has 5 aromatic rings. The van der Waals surface area contributed by atoms with Gasteiger partial charge < -0.3 is 19.5 Å². The number of ether oxygens (including phenoxy) is 1. The number of thiazole rings is 1. The van der Waals surface area contributed by atoms with Crippen molar-refractivity contribution >= 4 is 50.1 Å². The molecule has 1 aromatic carbocycles. The van der Waals surface area contributed by atoms with Crippen molar-refractivity contribution in [2.45, 2.75) is 39.2 Å². The Hall–Kier alpha value is -4.07. The molecule has 1 aliphatic rings. The van der Waals surface area contributed by atoms with Crippen molar-refractivity contribution in [1.82, 2.24) is 29.4 Å². The van der Waals surface area contributed by atoms with E-state index in [9.17, 15) is 4.79 Å². The van der Waals surface area contributed by atoms with Gasteiger partial charge in [0, 0.05) is 61.7 Å². The summed E-state index contributed by atoms with van der Waals surface area (Å²) in [5, 5.41) is 9.45. The van der Waals surface area contributed by atoms with Gasteiger partial charge in [0.25, 0.3) is 0 Å². The maximum absolute atomic E-state index is 12.5. The second kappa shape index (κ2) is 11.3. The lowest BCUT2D eigenvalue weighted by Gasteiger charge is -2.34. The topological polar surface area (TPSA) is 126 Å². The summed E-state index contributed by atoms with van der Waals surface area (Å²) < 4.78 is 12.9. The number of hydrogen-bond donors (Lipinski definition) is 2. The largest absolute Gasteiger partial charge is 0.379 e. The number of aromatic nitrogens is 5. The van der Waals surface area contributed by atoms with Gasteiger partial charge in [-0.05, 0) is 19.1 Å². The van der Waals surface area contributed by atoms with Crippen molar-refractivity contribution in [1.29, 1.82) is 0 Å². The van der Waals surface area contributed by atoms with Crippen LogP contribution in [0.25, 0.3) is 26.6 Å². The number of anilines is 3. The summed E-state index contributed by atoms with van der Waals surface area (Å²) in [7, 11) is 2.03. The van der Waals surface area contributed by atoms with E-state index < -0.39 is 6.03 Å². The summed E-state index contributed by atoms with van der Waals surface area (Å²) in [6.07, 6.45) is 3.86. The van der Waals surface area contributed by atoms with Crippen LogP contribution < -0.4 is 15.5 Å². The third-order valence-electron chi connectivity index (χ3n) is 7.34. The van der Waals surface area contributed by atoms with Gasteiger partial charge in [0.2, 0.25) is 5.95 Å². The second-order valence-electron chi connectivity index (χ2n) is 11.6. The highest BCUT2D eigenvalue weighted by molar-refractivity contribution is 7.23. The van der Waals surface area contributed by atoms with Gasteiger partial charge >= 0.3 is 6.03 Å². The lowest BCUT2D eigenvalue weighted by Crippen LogP contribution is -2.46. The SMILES string of the molecule is CC1COCCN1CCN(C)c1ncc2c(n1)sc1nc(-c3ccc(NC(=O)Nc4cc(C(C)(C)C)on4)cc3)cn12. The number of carbonyl (C=O) groups excluding carboxylic acids is 1. The molecule has 1 aliphatic heterocycles. The third-order valence-corrected chi connectivity index (χ3v) is 8.31. The fourth-order valence-corrected chi connectivity index (χ4v) is 5.72. The molecule has 0 bridgehead atoms. The molecule has 13 heteroatoms. The van der Waals surface area contributed by atoms with E-state index in [0.717, 1.165) is 59.4 Å². The zero-order valence-electron chi connectivity index (χ0n) is 24.4. The Kier molecular flexibility index (Phi) is 7.56. The smallest absolute Gasteiger partial charge is 0.324 e. The number of amides is 2. The Morgan fingerprint density at radius 1 is 1.19 bits per heavy atom. The Balaban J connectivity index is 1.10. The lowest BCUT2D eigenvalue weighted by molar-refractivity contribution is 0.00123. The molecule has 0 spiro atoms. The van der Waals surface area contributed by atoms with Crippen LogP contribution >= 0.6 is 11.3 Å². The van der Waals surface area contributed by atoms with E-state index in [1.54, 1.807) is 6.07 Å². The number of benzene rings is 1. The number of rotatable bonds is 7. The van der Waals surface area contributed by atoms with Crippen molar-refractivity contribution < 1.29 is 14.1 Å². The molecule has 4 aromatic heterocycles. The second-order valence-corrected chi connectivity index (χ2v) is 12.6. The molecular formula is C29H35N9O3S. The summed E-state index contributed by atoms with van der Waals surface area (Å²) in [6.45, 7) is 12.6. The molecule has 1 fully saturated rings. The first-order chi connectivity index (χ1) is 20.1. The average molecular weight is 590 g/mol. The highest BCUT2D eigenvalue weighted by atomic mass is 32.1. The standard InChI is InChI=1S/C29H35N9O3S/c1-18-17-40-13-12-37(18)11-10-36(5)26-30-15-22-25(34-26)42-28-32-21(16-38(22)28)19-6-8-20(9-7-19)31-27(39)33-24-14-23(41-35-24)29(2,3)4/h6-9,14-16,18H,10-13,17H2,1-5H3,(H2,31,33,35,39). The molecule has 220 valence electrons. The van der Waals surface area contributed by atoms with Crippen molar-refractivity contribution in [3.8, 4) is 11.3 Å². The van der Waals surface area contributed by atoms with E-state index in [0.29, 0.717) is 29.3 Å². The summed E-state index contributed by atoms with van der Waals surface area (Å²) in [5.74, 6) is 1.77. The van der Waals surface area contributed by atoms with Gasteiger partial charge in [-0.1, -0.05) is 49.4 Å². The summed E-state index contributed by atoms with van der Waals surface area (Å²) >= 11 is 1.54. The zero-order valence-corrected chi connectivity index (χ0v) is 25.2. The van der Waals surface area contributed by atoms with Crippen LogP contribution in [0, 0.1) is 0 Å². The van der Waals surface area contributed by atoms with Crippen molar-refractivity contribution in [2.24, 2.45) is 0 Å². The van der Waals surface area contributed by atoms with E-state index in [1.165, 1.54) is 11.3 Å². The van der Waals surface area contributed by atoms with E-state index in [-0.39, 0.29) is 5.41 Å². The third kappa shape index (κ3) is 5.94. The maximum Gasteiger partial charge on any atom is 0.324 e. The number of imidazole rings is 1. The fourth-order valence-electron chi connectivity index (χ4n) is 4.77. The minimum Gasteiger partial charge on any atom is -0.379 e. The van der Waals surface area contributed by atoms with Gasteiger partial charge in [0.1, 0.15) is 16.1 Å². The monoisotopic (exact) mass is 589 g/mol. The number of likely N-dealkylation sites (N-methyl/N-ethyl adjacent to an activating group) is 1. The summed E-state index contributed by atoms with van der Waals surface area (Å²) in [6, 6.07) is 9.29. The van der Waals surface area contributed by atoms with Crippen LogP contribution in [0.3, 0.4) is 0 Å². The molecule has 2 amide bonds. The highest BCUT2D eigenvalue weighted by Gasteiger charge is 2.21. The predicted molar refractivity (Wildman–Crippen MR) is 165 cm³/mol. The van der Waals surface area contributed by atoms with Gasteiger partial charge in [-0.3, -0.25) is 14.6 Å². The first-order valence-corrected chi connectivity index (χ1v) is 14.8. The predicted octanol–water partition coefficient (Wildman–Crippen LogP) is 5.09. The van der Waals surface area contributed by atoms with Crippen LogP contribution in [0.15, 0.2) is 47.2 Å². The van der Waals surface area contributed by atoms with Gasteiger partial charge in [-0.2, -0.15) is 0 Å². The highest BCUT2D eigenvalue weighted by Crippen LogP contribution is 2.30. The molecule has 12 nitrogen and oxygen atoms in total. The number of urea groups is 1. The van der Waals surface area contributed by atoms with Gasteiger partial charge in [0.15, 0.2) is 10.8 Å². The summed E-state index contributed by atoms with van der Waals surface area (Å²) in [4.78, 5) is 33.0. The van der Waals surface area contributed by atoms with E-state index >= 15 is 0 Å². The normalized spacial score (nSPS) is 16.3. The zero-order chi connectivity index (χ0) is 29.4. The van der Waals surface area contributed by atoms with Crippen LogP contribution in [0.5, 0.6) is 0 Å². The van der Waals surface area contributed by atoms with Crippen LogP contribution in [-0.4, -0.2) is 81.4 Å². The van der Waals surface area contributed by atoms with Crippen molar-refractivity contribution in [3.63, 3.8) is 0 Å². The molecule has 42 heavy (non-hydrogen) atoms. The quantitative estimate of drug-likeness (QED) is 0.267. The summed E-state index contributed by atoms with van der Waals surface area (Å²) in [5.41, 5.74) is 3.14. The number of nitrogens with zero attached hydrogens (tertiary/aromatic N) is 7. The molecule has 0 aliphatic carbocycles. The lowest BCUT2D eigenvalue weighted by atomic mass is 9.93. The van der Waals surface area contributed by atoms with Crippen molar-refractivity contribution in [2.75, 3.05) is 55.4 Å². The average Bonchev–Trinajstić information content (AvgIpc) is 3.67. The first kappa shape index (κ1) is 28.1. The van der Waals surface area contributed by atoms with Crippen LogP contribution in [0.2, 0.25) is 0 Å². The van der Waals surface area contributed by atoms with Gasteiger partial charge in [-0.15, -0.1) is 0 Å². The molecule has 1 unspecified atom stereocenters. The van der Waals surface area contributed by atoms with E-state index in [1.807, 2.05) is 68.9 Å². The Labute approximate surface area is 247 Å². The van der Waals surface area contributed by atoms with Crippen molar-refractivity contribution in [3.05, 3.63) is 48.5 Å². The minimum absolute atomic E-state index is 0.192.